The lowest BCUT2D eigenvalue weighted by atomic mass is 10.1. The molecule has 2 aromatic rings. The number of hydrogen-bond donors (Lipinski definition) is 1. The van der Waals surface area contributed by atoms with Crippen LogP contribution in [0.15, 0.2) is 36.4 Å². The number of methoxy groups -OCH3 is 1. The average molecular weight is 268 g/mol. The Labute approximate surface area is 120 Å². The fourth-order valence-electron chi connectivity index (χ4n) is 2.83. The van der Waals surface area contributed by atoms with Crippen LogP contribution >= 0.6 is 0 Å². The predicted octanol–water partition coefficient (Wildman–Crippen LogP) is 3.18. The fraction of sp³-hybridized carbons (Fsp3) is 0.353. The van der Waals surface area contributed by atoms with Crippen LogP contribution in [0.3, 0.4) is 0 Å². The summed E-state index contributed by atoms with van der Waals surface area (Å²) in [6.45, 7) is 2.93. The lowest BCUT2D eigenvalue weighted by molar-refractivity contribution is 0.395. The van der Waals surface area contributed by atoms with Crippen LogP contribution in [-0.2, 0) is 13.0 Å². The van der Waals surface area contributed by atoms with E-state index < -0.39 is 0 Å². The van der Waals surface area contributed by atoms with Gasteiger partial charge >= 0.3 is 0 Å². The maximum atomic E-state index is 5.16. The average Bonchev–Trinajstić information content (AvgIpc) is 2.87. The summed E-state index contributed by atoms with van der Waals surface area (Å²) in [6.07, 6.45) is 2.33. The number of aryl methyl sites for hydroxylation is 2. The summed E-state index contributed by atoms with van der Waals surface area (Å²) in [5.41, 5.74) is 5.28. The molecule has 3 rings (SSSR count). The molecule has 0 aliphatic heterocycles. The number of ether oxygens (including phenoxy) is 1. The zero-order valence-corrected chi connectivity index (χ0v) is 12.0. The van der Waals surface area contributed by atoms with Crippen molar-refractivity contribution in [2.45, 2.75) is 32.4 Å². The van der Waals surface area contributed by atoms with Gasteiger partial charge in [0, 0.05) is 18.7 Å². The van der Waals surface area contributed by atoms with E-state index in [-0.39, 0.29) is 0 Å². The standard InChI is InChI=1S/C17H20N2O/c1-12-6-7-13-8-9-16(15(13)10-12)18-11-14-4-3-5-17(19-14)20-2/h3-7,10,16,18H,8-9,11H2,1-2H3/t16-/m1/s1. The molecular formula is C17H20N2O. The van der Waals surface area contributed by atoms with E-state index in [4.69, 9.17) is 4.74 Å². The number of nitrogens with zero attached hydrogens (tertiary/aromatic N) is 1. The zero-order chi connectivity index (χ0) is 13.9. The van der Waals surface area contributed by atoms with E-state index in [2.05, 4.69) is 35.4 Å². The molecule has 0 amide bonds. The maximum absolute atomic E-state index is 5.16. The molecule has 0 spiro atoms. The SMILES string of the molecule is COc1cccc(CN[C@@H]2CCc3ccc(C)cc32)n1. The van der Waals surface area contributed by atoms with Gasteiger partial charge in [-0.2, -0.15) is 0 Å². The Hall–Kier alpha value is -1.87. The molecule has 1 aromatic heterocycles. The Bertz CT molecular complexity index is 610. The minimum absolute atomic E-state index is 0.443. The summed E-state index contributed by atoms with van der Waals surface area (Å²) >= 11 is 0. The monoisotopic (exact) mass is 268 g/mol. The molecule has 0 radical (unpaired) electrons. The van der Waals surface area contributed by atoms with Crippen LogP contribution < -0.4 is 10.1 Å². The molecule has 0 saturated heterocycles. The van der Waals surface area contributed by atoms with Gasteiger partial charge in [0.2, 0.25) is 5.88 Å². The van der Waals surface area contributed by atoms with Crippen LogP contribution in [0.1, 0.15) is 34.8 Å². The molecule has 3 nitrogen and oxygen atoms in total. The third-order valence-corrected chi connectivity index (χ3v) is 3.90. The molecular weight excluding hydrogens is 248 g/mol. The highest BCUT2D eigenvalue weighted by molar-refractivity contribution is 5.37. The van der Waals surface area contributed by atoms with Crippen LogP contribution in [-0.4, -0.2) is 12.1 Å². The van der Waals surface area contributed by atoms with Crippen molar-refractivity contribution in [3.05, 3.63) is 58.8 Å². The first-order valence-corrected chi connectivity index (χ1v) is 7.09. The summed E-state index contributed by atoms with van der Waals surface area (Å²) in [7, 11) is 1.65. The zero-order valence-electron chi connectivity index (χ0n) is 12.0. The van der Waals surface area contributed by atoms with Gasteiger partial charge in [0.05, 0.1) is 12.8 Å². The highest BCUT2D eigenvalue weighted by atomic mass is 16.5. The largest absolute Gasteiger partial charge is 0.481 e. The molecule has 104 valence electrons. The van der Waals surface area contributed by atoms with E-state index in [9.17, 15) is 0 Å². The molecule has 3 heteroatoms. The summed E-state index contributed by atoms with van der Waals surface area (Å²) in [5.74, 6) is 0.673. The van der Waals surface area contributed by atoms with Crippen LogP contribution in [0.25, 0.3) is 0 Å². The molecule has 1 heterocycles. The van der Waals surface area contributed by atoms with E-state index in [1.54, 1.807) is 7.11 Å². The van der Waals surface area contributed by atoms with Crippen molar-refractivity contribution in [2.75, 3.05) is 7.11 Å². The normalized spacial score (nSPS) is 17.0. The molecule has 0 unspecified atom stereocenters. The molecule has 1 aromatic carbocycles. The van der Waals surface area contributed by atoms with Crippen LogP contribution in [0.2, 0.25) is 0 Å². The highest BCUT2D eigenvalue weighted by Gasteiger charge is 2.21. The van der Waals surface area contributed by atoms with Gasteiger partial charge in [-0.3, -0.25) is 0 Å². The minimum Gasteiger partial charge on any atom is -0.481 e. The van der Waals surface area contributed by atoms with Gasteiger partial charge in [0.1, 0.15) is 0 Å². The number of rotatable bonds is 4. The number of hydrogen-bond acceptors (Lipinski definition) is 3. The second-order valence-corrected chi connectivity index (χ2v) is 5.35. The smallest absolute Gasteiger partial charge is 0.213 e. The first kappa shape index (κ1) is 13.1. The Morgan fingerprint density at radius 3 is 3.05 bits per heavy atom. The van der Waals surface area contributed by atoms with Gasteiger partial charge in [0.25, 0.3) is 0 Å². The van der Waals surface area contributed by atoms with E-state index in [0.29, 0.717) is 11.9 Å². The number of fused-ring (bicyclic) bond motifs is 1. The Morgan fingerprint density at radius 2 is 2.20 bits per heavy atom. The first-order chi connectivity index (χ1) is 9.76. The summed E-state index contributed by atoms with van der Waals surface area (Å²) in [4.78, 5) is 4.44. The summed E-state index contributed by atoms with van der Waals surface area (Å²) < 4.78 is 5.16. The molecule has 20 heavy (non-hydrogen) atoms. The third kappa shape index (κ3) is 2.68. The topological polar surface area (TPSA) is 34.1 Å². The quantitative estimate of drug-likeness (QED) is 0.924. The van der Waals surface area contributed by atoms with E-state index in [1.807, 2.05) is 18.2 Å². The minimum atomic E-state index is 0.443. The summed E-state index contributed by atoms with van der Waals surface area (Å²) in [6, 6.07) is 13.1. The van der Waals surface area contributed by atoms with Crippen molar-refractivity contribution >= 4 is 0 Å². The van der Waals surface area contributed by atoms with Crippen molar-refractivity contribution in [1.29, 1.82) is 0 Å². The van der Waals surface area contributed by atoms with Gasteiger partial charge in [0.15, 0.2) is 0 Å². The van der Waals surface area contributed by atoms with E-state index >= 15 is 0 Å². The lowest BCUT2D eigenvalue weighted by Gasteiger charge is -2.14. The van der Waals surface area contributed by atoms with Crippen molar-refractivity contribution in [3.63, 3.8) is 0 Å². The number of benzene rings is 1. The lowest BCUT2D eigenvalue weighted by Crippen LogP contribution is -2.19. The van der Waals surface area contributed by atoms with E-state index in [0.717, 1.165) is 12.2 Å². The van der Waals surface area contributed by atoms with E-state index in [1.165, 1.54) is 29.5 Å². The van der Waals surface area contributed by atoms with Crippen LogP contribution in [0.4, 0.5) is 0 Å². The summed E-state index contributed by atoms with van der Waals surface area (Å²) in [5, 5.41) is 3.61. The van der Waals surface area contributed by atoms with Crippen LogP contribution in [0, 0.1) is 6.92 Å². The Morgan fingerprint density at radius 1 is 1.30 bits per heavy atom. The maximum Gasteiger partial charge on any atom is 0.213 e. The predicted molar refractivity (Wildman–Crippen MR) is 79.9 cm³/mol. The number of pyridine rings is 1. The van der Waals surface area contributed by atoms with Gasteiger partial charge in [-0.25, -0.2) is 4.98 Å². The van der Waals surface area contributed by atoms with Gasteiger partial charge in [-0.1, -0.05) is 29.8 Å². The fourth-order valence-corrected chi connectivity index (χ4v) is 2.83. The highest BCUT2D eigenvalue weighted by Crippen LogP contribution is 2.31. The molecule has 0 bridgehead atoms. The van der Waals surface area contributed by atoms with Gasteiger partial charge < -0.3 is 10.1 Å². The second kappa shape index (κ2) is 5.63. The molecule has 1 aliphatic carbocycles. The van der Waals surface area contributed by atoms with Gasteiger partial charge in [-0.05, 0) is 37.0 Å². The molecule has 0 saturated carbocycles. The number of nitrogens with one attached hydrogen (secondary N) is 1. The van der Waals surface area contributed by atoms with Crippen LogP contribution in [0.5, 0.6) is 5.88 Å². The van der Waals surface area contributed by atoms with Gasteiger partial charge in [-0.15, -0.1) is 0 Å². The second-order valence-electron chi connectivity index (χ2n) is 5.35. The molecule has 1 N–H and O–H groups in total. The molecule has 0 fully saturated rings. The first-order valence-electron chi connectivity index (χ1n) is 7.09. The van der Waals surface area contributed by atoms with Crippen molar-refractivity contribution in [3.8, 4) is 5.88 Å². The Balaban J connectivity index is 1.70. The molecule has 1 aliphatic rings. The van der Waals surface area contributed by atoms with Crippen molar-refractivity contribution in [2.24, 2.45) is 0 Å². The van der Waals surface area contributed by atoms with Crippen molar-refractivity contribution in [1.82, 2.24) is 10.3 Å². The molecule has 1 atom stereocenters. The Kier molecular flexibility index (Phi) is 3.70. The number of aromatic nitrogens is 1. The third-order valence-electron chi connectivity index (χ3n) is 3.90. The van der Waals surface area contributed by atoms with Crippen molar-refractivity contribution < 1.29 is 4.74 Å².